The van der Waals surface area contributed by atoms with Gasteiger partial charge in [-0.05, 0) is 56.6 Å². The Kier molecular flexibility index (Phi) is 29.9. The van der Waals surface area contributed by atoms with Crippen molar-refractivity contribution in [3.05, 3.63) is 10.1 Å². The summed E-state index contributed by atoms with van der Waals surface area (Å²) in [5, 5.41) is 18.3. The lowest BCUT2D eigenvalue weighted by atomic mass is 10.3. The summed E-state index contributed by atoms with van der Waals surface area (Å²) >= 11 is 10.1. The topological polar surface area (TPSA) is 192 Å². The highest BCUT2D eigenvalue weighted by Crippen LogP contribution is 2.23. The van der Waals surface area contributed by atoms with Gasteiger partial charge in [0.25, 0.3) is 5.91 Å². The Morgan fingerprint density at radius 3 is 2.07 bits per heavy atom. The van der Waals surface area contributed by atoms with Crippen molar-refractivity contribution in [2.75, 3.05) is 11.1 Å². The molecule has 0 radical (unpaired) electrons. The fourth-order valence-corrected chi connectivity index (χ4v) is 1.42. The zero-order chi connectivity index (χ0) is 21.7. The van der Waals surface area contributed by atoms with Crippen LogP contribution in [0, 0.1) is 21.4 Å². The molecular formula is C14H24Br3N5O5S. The summed E-state index contributed by atoms with van der Waals surface area (Å²) in [7, 11) is 0. The largest absolute Gasteiger partial charge is 0.367 e. The van der Waals surface area contributed by atoms with Gasteiger partial charge in [-0.15, -0.1) is 0 Å². The standard InChI is InChI=1S/C5H8O2.C3H2Br2N2O.C3H6BrNO2.C3H5NS.H3N/c6-4-2-1-3-5-7;4-3(5,1-6)2(7)8;1-3(2-4)5(6)7;1-2-4-5-3-1;/h4-5H,1-3H2;(H2,7,8);3H,2H2,1H3;2H,1,3H2;1H3. The van der Waals surface area contributed by atoms with E-state index >= 15 is 0 Å². The Morgan fingerprint density at radius 1 is 1.46 bits per heavy atom. The fraction of sp³-hybridized carbons (Fsp3) is 0.643. The monoisotopic (exact) mass is 611 g/mol. The number of nitrogens with zero attached hydrogens (tertiary/aromatic N) is 3. The summed E-state index contributed by atoms with van der Waals surface area (Å²) in [6, 6.07) is 1.14. The zero-order valence-corrected chi connectivity index (χ0v) is 20.8. The molecule has 1 amide bonds. The minimum Gasteiger partial charge on any atom is -0.367 e. The van der Waals surface area contributed by atoms with Crippen LogP contribution in [0.3, 0.4) is 0 Å². The SMILES string of the molecule is C1=NSCC1.CC(CBr)[N+](=O)[O-].N.N#CC(Br)(Br)C(N)=O.O=CCCCC=O. The van der Waals surface area contributed by atoms with E-state index in [1.54, 1.807) is 24.9 Å². The van der Waals surface area contributed by atoms with Gasteiger partial charge < -0.3 is 21.5 Å². The molecule has 1 heterocycles. The van der Waals surface area contributed by atoms with Crippen LogP contribution >= 0.6 is 59.7 Å². The van der Waals surface area contributed by atoms with Crippen LogP contribution in [0.15, 0.2) is 4.40 Å². The number of carbonyl (C=O) groups is 3. The van der Waals surface area contributed by atoms with Gasteiger partial charge in [-0.1, -0.05) is 15.9 Å². The smallest absolute Gasteiger partial charge is 0.259 e. The Morgan fingerprint density at radius 2 is 1.96 bits per heavy atom. The highest BCUT2D eigenvalue weighted by Gasteiger charge is 2.28. The van der Waals surface area contributed by atoms with Gasteiger partial charge in [0.1, 0.15) is 18.6 Å². The molecule has 5 N–H and O–H groups in total. The highest BCUT2D eigenvalue weighted by atomic mass is 79.9. The first-order valence-electron chi connectivity index (χ1n) is 7.40. The van der Waals surface area contributed by atoms with Crippen molar-refractivity contribution < 1.29 is 19.3 Å². The molecule has 0 aliphatic carbocycles. The third-order valence-corrected chi connectivity index (χ3v) is 4.95. The number of nitriles is 1. The molecule has 1 unspecified atom stereocenters. The molecule has 0 bridgehead atoms. The molecule has 0 spiro atoms. The molecule has 0 saturated carbocycles. The number of hydrogen-bond acceptors (Lipinski definition) is 9. The summed E-state index contributed by atoms with van der Waals surface area (Å²) < 4.78 is 2.49. The predicted octanol–water partition coefficient (Wildman–Crippen LogP) is 3.35. The van der Waals surface area contributed by atoms with Crippen LogP contribution in [0.5, 0.6) is 0 Å². The minimum atomic E-state index is -1.39. The van der Waals surface area contributed by atoms with Crippen LogP contribution < -0.4 is 11.9 Å². The van der Waals surface area contributed by atoms with Crippen molar-refractivity contribution in [3.8, 4) is 6.07 Å². The summed E-state index contributed by atoms with van der Waals surface area (Å²) in [6.45, 7) is 1.55. The van der Waals surface area contributed by atoms with Crippen LogP contribution in [0.2, 0.25) is 0 Å². The molecule has 0 aromatic carbocycles. The number of primary amides is 1. The van der Waals surface area contributed by atoms with Crippen LogP contribution in [-0.4, -0.2) is 50.0 Å². The first kappa shape index (κ1) is 34.6. The van der Waals surface area contributed by atoms with Crippen molar-refractivity contribution in [1.82, 2.24) is 6.15 Å². The quantitative estimate of drug-likeness (QED) is 0.109. The number of hydrogen-bond donors (Lipinski definition) is 2. The third kappa shape index (κ3) is 27.3. The van der Waals surface area contributed by atoms with E-state index in [4.69, 9.17) is 11.0 Å². The summed E-state index contributed by atoms with van der Waals surface area (Å²) in [4.78, 5) is 38.7. The number of carbonyl (C=O) groups excluding carboxylic acids is 3. The molecule has 1 aliphatic rings. The molecule has 0 aromatic heterocycles. The minimum absolute atomic E-state index is 0. The molecule has 1 atom stereocenters. The maximum Gasteiger partial charge on any atom is 0.259 e. The second-order valence-electron chi connectivity index (χ2n) is 4.51. The Hall–Kier alpha value is -0.880. The second-order valence-corrected chi connectivity index (χ2v) is 9.48. The van der Waals surface area contributed by atoms with E-state index in [1.807, 2.05) is 6.21 Å². The Balaban J connectivity index is -0.000000137. The summed E-state index contributed by atoms with van der Waals surface area (Å²) in [5.74, 6) is 0.444. The molecule has 10 nitrogen and oxygen atoms in total. The number of unbranched alkanes of at least 4 members (excludes halogenated alkanes) is 2. The molecule has 14 heteroatoms. The average molecular weight is 614 g/mol. The van der Waals surface area contributed by atoms with E-state index < -0.39 is 15.2 Å². The van der Waals surface area contributed by atoms with Gasteiger partial charge in [-0.25, -0.2) is 4.40 Å². The second kappa shape index (κ2) is 24.2. The summed E-state index contributed by atoms with van der Waals surface area (Å²) in [5.41, 5.74) is 4.73. The molecule has 28 heavy (non-hydrogen) atoms. The van der Waals surface area contributed by atoms with Gasteiger partial charge in [0, 0.05) is 36.7 Å². The maximum absolute atomic E-state index is 10.2. The number of amides is 1. The van der Waals surface area contributed by atoms with E-state index in [0.29, 0.717) is 24.6 Å². The van der Waals surface area contributed by atoms with Crippen molar-refractivity contribution in [2.45, 2.75) is 41.9 Å². The van der Waals surface area contributed by atoms with Crippen LogP contribution in [0.1, 0.15) is 32.6 Å². The van der Waals surface area contributed by atoms with Crippen LogP contribution in [0.4, 0.5) is 0 Å². The lowest BCUT2D eigenvalue weighted by molar-refractivity contribution is -0.511. The molecular weight excluding hydrogens is 590 g/mol. The van der Waals surface area contributed by atoms with Gasteiger partial charge >= 0.3 is 0 Å². The first-order chi connectivity index (χ1) is 12.6. The van der Waals surface area contributed by atoms with Crippen molar-refractivity contribution in [2.24, 2.45) is 10.1 Å². The van der Waals surface area contributed by atoms with Gasteiger partial charge in [0.05, 0.1) is 5.33 Å². The molecule has 0 aromatic rings. The predicted molar refractivity (Wildman–Crippen MR) is 122 cm³/mol. The number of alkyl halides is 3. The van der Waals surface area contributed by atoms with E-state index in [9.17, 15) is 24.5 Å². The van der Waals surface area contributed by atoms with Gasteiger partial charge in [0.15, 0.2) is 0 Å². The zero-order valence-electron chi connectivity index (χ0n) is 15.3. The third-order valence-electron chi connectivity index (χ3n) is 2.16. The van der Waals surface area contributed by atoms with Gasteiger partial charge in [-0.2, -0.15) is 5.26 Å². The summed E-state index contributed by atoms with van der Waals surface area (Å²) in [6.07, 6.45) is 6.49. The van der Waals surface area contributed by atoms with Crippen molar-refractivity contribution in [3.63, 3.8) is 0 Å². The Labute approximate surface area is 193 Å². The van der Waals surface area contributed by atoms with Crippen LogP contribution in [-0.2, 0) is 14.4 Å². The average Bonchev–Trinajstić information content (AvgIpc) is 3.22. The number of aldehydes is 2. The lowest BCUT2D eigenvalue weighted by Crippen LogP contribution is -2.30. The van der Waals surface area contributed by atoms with Gasteiger partial charge in [0.2, 0.25) is 9.28 Å². The fourth-order valence-electron chi connectivity index (χ4n) is 0.659. The normalized spacial score (nSPS) is 12.0. The molecule has 1 rings (SSSR count). The van der Waals surface area contributed by atoms with E-state index in [0.717, 1.165) is 12.6 Å². The van der Waals surface area contributed by atoms with E-state index in [-0.39, 0.29) is 11.1 Å². The molecule has 0 saturated heterocycles. The lowest BCUT2D eigenvalue weighted by Gasteiger charge is -2.01. The van der Waals surface area contributed by atoms with Crippen molar-refractivity contribution >= 4 is 84.4 Å². The molecule has 1 aliphatic heterocycles. The molecule has 0 fully saturated rings. The first-order valence-corrected chi connectivity index (χ1v) is 11.0. The van der Waals surface area contributed by atoms with Crippen LogP contribution in [0.25, 0.3) is 0 Å². The number of nitrogens with two attached hydrogens (primary N) is 1. The Bertz CT molecular complexity index is 504. The van der Waals surface area contributed by atoms with E-state index in [2.05, 4.69) is 52.2 Å². The highest BCUT2D eigenvalue weighted by molar-refractivity contribution is 9.26. The van der Waals surface area contributed by atoms with Crippen molar-refractivity contribution in [1.29, 1.82) is 5.26 Å². The number of halogens is 3. The molecule has 162 valence electrons. The van der Waals surface area contributed by atoms with Gasteiger partial charge in [-0.3, -0.25) is 14.9 Å². The maximum atomic E-state index is 10.2. The number of rotatable bonds is 7. The van der Waals surface area contributed by atoms with E-state index in [1.165, 1.54) is 12.2 Å². The number of nitro groups is 1.